The van der Waals surface area contributed by atoms with Gasteiger partial charge in [-0.15, -0.1) is 0 Å². The standard InChI is InChI=1S/C17H22N4S/c1-12(13-7-4-3-5-8-13)19-17(22)20-15-9-6-10-16-14(15)11-18-21(16)2/h3-5,7-8,11-12,15H,6,9-10H2,1-2H3,(H2,19,20,22)/t12-,15+/m1/s1. The van der Waals surface area contributed by atoms with Gasteiger partial charge in [0.1, 0.15) is 0 Å². The molecule has 1 aromatic heterocycles. The quantitative estimate of drug-likeness (QED) is 0.855. The summed E-state index contributed by atoms with van der Waals surface area (Å²) in [6.07, 6.45) is 5.33. The molecule has 4 nitrogen and oxygen atoms in total. The summed E-state index contributed by atoms with van der Waals surface area (Å²) in [7, 11) is 2.01. The Morgan fingerprint density at radius 2 is 2.14 bits per heavy atom. The van der Waals surface area contributed by atoms with E-state index < -0.39 is 0 Å². The van der Waals surface area contributed by atoms with E-state index in [2.05, 4.69) is 34.8 Å². The van der Waals surface area contributed by atoms with Crippen LogP contribution in [0, 0.1) is 0 Å². The lowest BCUT2D eigenvalue weighted by molar-refractivity contribution is 0.506. The molecule has 2 N–H and O–H groups in total. The monoisotopic (exact) mass is 314 g/mol. The van der Waals surface area contributed by atoms with Crippen molar-refractivity contribution >= 4 is 17.3 Å². The second kappa shape index (κ2) is 6.48. The lowest BCUT2D eigenvalue weighted by Gasteiger charge is -2.26. The number of hydrogen-bond donors (Lipinski definition) is 2. The van der Waals surface area contributed by atoms with Crippen molar-refractivity contribution in [2.45, 2.75) is 38.3 Å². The van der Waals surface area contributed by atoms with Crippen LogP contribution in [-0.4, -0.2) is 14.9 Å². The number of fused-ring (bicyclic) bond motifs is 1. The number of hydrogen-bond acceptors (Lipinski definition) is 2. The van der Waals surface area contributed by atoms with Crippen LogP contribution in [0.4, 0.5) is 0 Å². The van der Waals surface area contributed by atoms with Crippen molar-refractivity contribution in [3.8, 4) is 0 Å². The summed E-state index contributed by atoms with van der Waals surface area (Å²) in [5, 5.41) is 11.9. The summed E-state index contributed by atoms with van der Waals surface area (Å²) in [5.41, 5.74) is 3.84. The highest BCUT2D eigenvalue weighted by Crippen LogP contribution is 2.29. The Bertz CT molecular complexity index is 650. The number of rotatable bonds is 3. The molecule has 1 aliphatic rings. The molecule has 1 heterocycles. The van der Waals surface area contributed by atoms with Gasteiger partial charge >= 0.3 is 0 Å². The minimum absolute atomic E-state index is 0.193. The number of thiocarbonyl (C=S) groups is 1. The third kappa shape index (κ3) is 3.14. The van der Waals surface area contributed by atoms with E-state index in [1.165, 1.54) is 23.2 Å². The molecule has 0 bridgehead atoms. The molecule has 0 amide bonds. The van der Waals surface area contributed by atoms with Crippen LogP contribution in [0.15, 0.2) is 36.5 Å². The van der Waals surface area contributed by atoms with Crippen molar-refractivity contribution in [1.29, 1.82) is 0 Å². The van der Waals surface area contributed by atoms with Gasteiger partial charge in [-0.1, -0.05) is 30.3 Å². The van der Waals surface area contributed by atoms with Gasteiger partial charge in [0, 0.05) is 18.3 Å². The average Bonchev–Trinajstić information content (AvgIpc) is 2.91. The van der Waals surface area contributed by atoms with E-state index >= 15 is 0 Å². The minimum Gasteiger partial charge on any atom is -0.356 e. The maximum absolute atomic E-state index is 5.50. The zero-order valence-electron chi connectivity index (χ0n) is 13.0. The third-order valence-corrected chi connectivity index (χ3v) is 4.56. The largest absolute Gasteiger partial charge is 0.356 e. The smallest absolute Gasteiger partial charge is 0.167 e. The summed E-state index contributed by atoms with van der Waals surface area (Å²) in [6, 6.07) is 10.8. The Morgan fingerprint density at radius 1 is 1.36 bits per heavy atom. The summed E-state index contributed by atoms with van der Waals surface area (Å²) in [6.45, 7) is 2.12. The number of nitrogens with one attached hydrogen (secondary N) is 2. The fraction of sp³-hybridized carbons (Fsp3) is 0.412. The van der Waals surface area contributed by atoms with Crippen molar-refractivity contribution in [1.82, 2.24) is 20.4 Å². The Labute approximate surface area is 136 Å². The fourth-order valence-electron chi connectivity index (χ4n) is 3.08. The zero-order valence-corrected chi connectivity index (χ0v) is 13.9. The molecule has 5 heteroatoms. The van der Waals surface area contributed by atoms with E-state index in [1.54, 1.807) is 0 Å². The molecule has 0 fully saturated rings. The molecule has 116 valence electrons. The Kier molecular flexibility index (Phi) is 4.43. The third-order valence-electron chi connectivity index (χ3n) is 4.33. The molecule has 2 atom stereocenters. The van der Waals surface area contributed by atoms with E-state index in [-0.39, 0.29) is 12.1 Å². The summed E-state index contributed by atoms with van der Waals surface area (Å²) < 4.78 is 1.98. The molecule has 22 heavy (non-hydrogen) atoms. The lowest BCUT2D eigenvalue weighted by atomic mass is 9.93. The molecule has 0 spiro atoms. The topological polar surface area (TPSA) is 41.9 Å². The van der Waals surface area contributed by atoms with Gasteiger partial charge in [-0.2, -0.15) is 5.10 Å². The summed E-state index contributed by atoms with van der Waals surface area (Å²) >= 11 is 5.50. The molecule has 3 rings (SSSR count). The minimum atomic E-state index is 0.193. The van der Waals surface area contributed by atoms with Crippen LogP contribution in [0.25, 0.3) is 0 Å². The van der Waals surface area contributed by atoms with Crippen LogP contribution in [0.3, 0.4) is 0 Å². The number of aryl methyl sites for hydroxylation is 1. The second-order valence-corrected chi connectivity index (χ2v) is 6.27. The highest BCUT2D eigenvalue weighted by atomic mass is 32.1. The van der Waals surface area contributed by atoms with E-state index in [0.717, 1.165) is 12.8 Å². The van der Waals surface area contributed by atoms with Gasteiger partial charge < -0.3 is 10.6 Å². The van der Waals surface area contributed by atoms with Gasteiger partial charge in [-0.05, 0) is 44.0 Å². The zero-order chi connectivity index (χ0) is 15.5. The molecule has 0 saturated carbocycles. The Morgan fingerprint density at radius 3 is 2.91 bits per heavy atom. The van der Waals surface area contributed by atoms with Crippen LogP contribution in [0.1, 0.15) is 48.7 Å². The number of benzene rings is 1. The normalized spacial score (nSPS) is 18.4. The summed E-state index contributed by atoms with van der Waals surface area (Å²) in [4.78, 5) is 0. The van der Waals surface area contributed by atoms with Crippen molar-refractivity contribution in [2.24, 2.45) is 7.05 Å². The van der Waals surface area contributed by atoms with E-state index in [4.69, 9.17) is 12.2 Å². The van der Waals surface area contributed by atoms with Crippen molar-refractivity contribution < 1.29 is 0 Å². The van der Waals surface area contributed by atoms with Crippen LogP contribution in [0.2, 0.25) is 0 Å². The van der Waals surface area contributed by atoms with Gasteiger partial charge in [0.05, 0.1) is 18.3 Å². The predicted molar refractivity (Wildman–Crippen MR) is 92.6 cm³/mol. The molecule has 2 aromatic rings. The van der Waals surface area contributed by atoms with Gasteiger partial charge in [-0.25, -0.2) is 0 Å². The highest BCUT2D eigenvalue weighted by molar-refractivity contribution is 7.80. The van der Waals surface area contributed by atoms with Crippen LogP contribution >= 0.6 is 12.2 Å². The summed E-state index contributed by atoms with van der Waals surface area (Å²) in [5.74, 6) is 0. The van der Waals surface area contributed by atoms with Gasteiger partial charge in [0.15, 0.2) is 5.11 Å². The Balaban J connectivity index is 1.63. The first-order chi connectivity index (χ1) is 10.6. The van der Waals surface area contributed by atoms with Crippen LogP contribution < -0.4 is 10.6 Å². The molecule has 1 aliphatic carbocycles. The molecular weight excluding hydrogens is 292 g/mol. The second-order valence-electron chi connectivity index (χ2n) is 5.87. The maximum Gasteiger partial charge on any atom is 0.167 e. The van der Waals surface area contributed by atoms with Gasteiger partial charge in [0.25, 0.3) is 0 Å². The van der Waals surface area contributed by atoms with E-state index in [0.29, 0.717) is 5.11 Å². The molecule has 0 aliphatic heterocycles. The van der Waals surface area contributed by atoms with Gasteiger partial charge in [0.2, 0.25) is 0 Å². The van der Waals surface area contributed by atoms with Crippen molar-refractivity contribution in [3.63, 3.8) is 0 Å². The fourth-order valence-corrected chi connectivity index (χ4v) is 3.40. The van der Waals surface area contributed by atoms with E-state index in [1.807, 2.05) is 36.1 Å². The lowest BCUT2D eigenvalue weighted by Crippen LogP contribution is -2.39. The average molecular weight is 314 g/mol. The highest BCUT2D eigenvalue weighted by Gasteiger charge is 2.24. The SMILES string of the molecule is C[C@@H](NC(=S)N[C@H]1CCCc2c1cnn2C)c1ccccc1. The number of aromatic nitrogens is 2. The van der Waals surface area contributed by atoms with Gasteiger partial charge in [-0.3, -0.25) is 4.68 Å². The Hall–Kier alpha value is -1.88. The molecule has 0 saturated heterocycles. The molecular formula is C17H22N4S. The molecule has 0 unspecified atom stereocenters. The first kappa shape index (κ1) is 15.0. The maximum atomic E-state index is 5.50. The molecule has 0 radical (unpaired) electrons. The van der Waals surface area contributed by atoms with Crippen LogP contribution in [-0.2, 0) is 13.5 Å². The number of nitrogens with zero attached hydrogens (tertiary/aromatic N) is 2. The predicted octanol–water partition coefficient (Wildman–Crippen LogP) is 3.02. The van der Waals surface area contributed by atoms with Crippen molar-refractivity contribution in [2.75, 3.05) is 0 Å². The van der Waals surface area contributed by atoms with E-state index in [9.17, 15) is 0 Å². The first-order valence-corrected chi connectivity index (χ1v) is 8.18. The molecule has 1 aromatic carbocycles. The first-order valence-electron chi connectivity index (χ1n) is 7.78. The van der Waals surface area contributed by atoms with Crippen LogP contribution in [0.5, 0.6) is 0 Å². The van der Waals surface area contributed by atoms with Crippen molar-refractivity contribution in [3.05, 3.63) is 53.3 Å².